The van der Waals surface area contributed by atoms with Crippen LogP contribution < -0.4 is 4.89 Å². The van der Waals surface area contributed by atoms with Crippen LogP contribution in [-0.2, 0) is 23.1 Å². The van der Waals surface area contributed by atoms with Crippen LogP contribution in [-0.4, -0.2) is 58.0 Å². The molecule has 0 aromatic rings. The van der Waals surface area contributed by atoms with E-state index in [-0.39, 0.29) is 26.2 Å². The summed E-state index contributed by atoms with van der Waals surface area (Å²) in [6.07, 6.45) is 1.30. The first-order valence-corrected chi connectivity index (χ1v) is 7.32. The zero-order valence-corrected chi connectivity index (χ0v) is 12.6. The van der Waals surface area contributed by atoms with E-state index >= 15 is 0 Å². The third kappa shape index (κ3) is 12.1. The second-order valence-electron chi connectivity index (χ2n) is 4.85. The number of esters is 1. The molecular weight excluding hydrogens is 273 g/mol. The van der Waals surface area contributed by atoms with Gasteiger partial charge >= 0.3 is 5.97 Å². The van der Waals surface area contributed by atoms with Crippen molar-refractivity contribution in [2.75, 3.05) is 47.5 Å². The predicted molar refractivity (Wildman–Crippen MR) is 68.2 cm³/mol. The monoisotopic (exact) mass is 295 g/mol. The molecule has 0 amide bonds. The molecule has 0 saturated carbocycles. The average molecular weight is 295 g/mol. The van der Waals surface area contributed by atoms with Crippen LogP contribution in [0.1, 0.15) is 6.42 Å². The zero-order valence-electron chi connectivity index (χ0n) is 11.7. The largest absolute Gasteiger partial charge is 0.756 e. The van der Waals surface area contributed by atoms with Gasteiger partial charge in [-0.15, -0.1) is 0 Å². The summed E-state index contributed by atoms with van der Waals surface area (Å²) in [5.41, 5.74) is 0. The summed E-state index contributed by atoms with van der Waals surface area (Å²) in [5.74, 6) is -0.551. The van der Waals surface area contributed by atoms with Gasteiger partial charge in [0.1, 0.15) is 13.2 Å². The maximum absolute atomic E-state index is 11.3. The van der Waals surface area contributed by atoms with E-state index in [1.54, 1.807) is 0 Å². The summed E-state index contributed by atoms with van der Waals surface area (Å²) in [6, 6.07) is 0. The molecule has 0 aromatic carbocycles. The molecule has 0 aliphatic rings. The molecule has 0 rings (SSSR count). The summed E-state index contributed by atoms with van der Waals surface area (Å²) < 4.78 is 25.9. The van der Waals surface area contributed by atoms with Crippen LogP contribution in [0.3, 0.4) is 0 Å². The van der Waals surface area contributed by atoms with Crippen molar-refractivity contribution in [2.45, 2.75) is 6.42 Å². The van der Waals surface area contributed by atoms with Gasteiger partial charge in [-0.05, 0) is 0 Å². The first-order valence-electron chi connectivity index (χ1n) is 5.86. The second kappa shape index (κ2) is 8.45. The van der Waals surface area contributed by atoms with Crippen LogP contribution >= 0.6 is 7.82 Å². The fraction of sp³-hybridized carbons (Fsp3) is 0.727. The summed E-state index contributed by atoms with van der Waals surface area (Å²) in [4.78, 5) is 22.0. The number of phosphoric ester groups is 1. The maximum Gasteiger partial charge on any atom is 0.330 e. The molecule has 0 spiro atoms. The van der Waals surface area contributed by atoms with Crippen LogP contribution in [0.5, 0.6) is 0 Å². The number of carbonyl (C=O) groups excluding carboxylic acids is 1. The number of nitrogens with zero attached hydrogens (tertiary/aromatic N) is 1. The van der Waals surface area contributed by atoms with E-state index in [4.69, 9.17) is 4.52 Å². The van der Waals surface area contributed by atoms with Gasteiger partial charge in [-0.2, -0.15) is 0 Å². The van der Waals surface area contributed by atoms with E-state index in [0.717, 1.165) is 6.08 Å². The lowest BCUT2D eigenvalue weighted by Crippen LogP contribution is -2.37. The van der Waals surface area contributed by atoms with Gasteiger partial charge in [-0.25, -0.2) is 4.79 Å². The Kier molecular flexibility index (Phi) is 8.13. The van der Waals surface area contributed by atoms with Gasteiger partial charge in [0.25, 0.3) is 7.82 Å². The molecule has 0 aliphatic carbocycles. The van der Waals surface area contributed by atoms with Gasteiger partial charge in [-0.3, -0.25) is 4.57 Å². The third-order valence-corrected chi connectivity index (χ3v) is 2.96. The third-order valence-electron chi connectivity index (χ3n) is 1.96. The summed E-state index contributed by atoms with van der Waals surface area (Å²) >= 11 is 0. The number of likely N-dealkylation sites (N-methyl/N-ethyl adjacent to an activating group) is 1. The molecule has 0 fully saturated rings. The average Bonchev–Trinajstić information content (AvgIpc) is 2.25. The fourth-order valence-corrected chi connectivity index (χ4v) is 1.66. The van der Waals surface area contributed by atoms with Gasteiger partial charge in [0.15, 0.2) is 0 Å². The Labute approximate surface area is 114 Å². The molecule has 19 heavy (non-hydrogen) atoms. The number of hydrogen-bond donors (Lipinski definition) is 0. The quantitative estimate of drug-likeness (QED) is 0.190. The lowest BCUT2D eigenvalue weighted by atomic mass is 10.5. The van der Waals surface area contributed by atoms with Crippen molar-refractivity contribution in [1.29, 1.82) is 0 Å². The Morgan fingerprint density at radius 2 is 1.84 bits per heavy atom. The lowest BCUT2D eigenvalue weighted by molar-refractivity contribution is -0.870. The highest BCUT2D eigenvalue weighted by atomic mass is 31.2. The number of hydrogen-bond acceptors (Lipinski definition) is 6. The number of ether oxygens (including phenoxy) is 1. The molecule has 0 bridgehead atoms. The van der Waals surface area contributed by atoms with E-state index in [1.165, 1.54) is 0 Å². The molecule has 0 saturated heterocycles. The molecular formula is C11H22NO6P. The molecule has 112 valence electrons. The van der Waals surface area contributed by atoms with Crippen molar-refractivity contribution in [1.82, 2.24) is 0 Å². The molecule has 1 atom stereocenters. The summed E-state index contributed by atoms with van der Waals surface area (Å²) in [7, 11) is 1.50. The first kappa shape index (κ1) is 18.3. The van der Waals surface area contributed by atoms with Gasteiger partial charge in [0, 0.05) is 12.5 Å². The molecule has 0 aromatic heterocycles. The Morgan fingerprint density at radius 1 is 1.26 bits per heavy atom. The van der Waals surface area contributed by atoms with Gasteiger partial charge < -0.3 is 23.2 Å². The van der Waals surface area contributed by atoms with Crippen LogP contribution in [0.4, 0.5) is 0 Å². The zero-order chi connectivity index (χ0) is 14.9. The van der Waals surface area contributed by atoms with Crippen LogP contribution in [0.15, 0.2) is 12.7 Å². The van der Waals surface area contributed by atoms with E-state index < -0.39 is 13.8 Å². The van der Waals surface area contributed by atoms with Crippen molar-refractivity contribution in [3.63, 3.8) is 0 Å². The minimum atomic E-state index is -4.27. The molecule has 8 heteroatoms. The second-order valence-corrected chi connectivity index (χ2v) is 6.26. The molecule has 1 unspecified atom stereocenters. The molecule has 0 heterocycles. The minimum absolute atomic E-state index is 0.0652. The van der Waals surface area contributed by atoms with Crippen LogP contribution in [0.2, 0.25) is 0 Å². The topological polar surface area (TPSA) is 84.9 Å². The molecule has 7 nitrogen and oxygen atoms in total. The number of quaternary nitrogens is 1. The van der Waals surface area contributed by atoms with Crippen molar-refractivity contribution in [3.8, 4) is 0 Å². The van der Waals surface area contributed by atoms with Crippen molar-refractivity contribution in [3.05, 3.63) is 12.7 Å². The highest BCUT2D eigenvalue weighted by Crippen LogP contribution is 2.38. The number of rotatable bonds is 10. The highest BCUT2D eigenvalue weighted by molar-refractivity contribution is 7.45. The van der Waals surface area contributed by atoms with Gasteiger partial charge in [0.2, 0.25) is 0 Å². The molecule has 0 N–H and O–H groups in total. The highest BCUT2D eigenvalue weighted by Gasteiger charge is 2.13. The van der Waals surface area contributed by atoms with E-state index in [2.05, 4.69) is 15.8 Å². The number of carbonyl (C=O) groups is 1. The van der Waals surface area contributed by atoms with E-state index in [1.807, 2.05) is 21.1 Å². The SMILES string of the molecule is C=CC(=O)OCCCOP(=O)([O-])OCC[N+](C)(C)C. The molecule has 0 radical (unpaired) electrons. The first-order chi connectivity index (χ1) is 8.66. The number of phosphoric acid groups is 1. The Bertz CT molecular complexity index is 339. The predicted octanol–water partition coefficient (Wildman–Crippen LogP) is 0.314. The Hall–Kier alpha value is -0.720. The van der Waals surface area contributed by atoms with E-state index in [0.29, 0.717) is 11.0 Å². The van der Waals surface area contributed by atoms with Crippen molar-refractivity contribution in [2.24, 2.45) is 0 Å². The van der Waals surface area contributed by atoms with Crippen LogP contribution in [0, 0.1) is 0 Å². The smallest absolute Gasteiger partial charge is 0.330 e. The van der Waals surface area contributed by atoms with Gasteiger partial charge in [0.05, 0.1) is 34.4 Å². The van der Waals surface area contributed by atoms with Crippen molar-refractivity contribution < 1.29 is 32.5 Å². The normalized spacial score (nSPS) is 14.7. The Morgan fingerprint density at radius 3 is 2.37 bits per heavy atom. The minimum Gasteiger partial charge on any atom is -0.756 e. The fourth-order valence-electron chi connectivity index (χ4n) is 0.931. The maximum atomic E-state index is 11.3. The summed E-state index contributed by atoms with van der Waals surface area (Å²) in [6.45, 7) is 3.83. The van der Waals surface area contributed by atoms with Crippen LogP contribution in [0.25, 0.3) is 0 Å². The Balaban J connectivity index is 3.70. The van der Waals surface area contributed by atoms with Gasteiger partial charge in [-0.1, -0.05) is 6.58 Å². The van der Waals surface area contributed by atoms with Crippen molar-refractivity contribution >= 4 is 13.8 Å². The van der Waals surface area contributed by atoms with E-state index in [9.17, 15) is 14.3 Å². The summed E-state index contributed by atoms with van der Waals surface area (Å²) in [5, 5.41) is 0. The standard InChI is InChI=1S/C11H22NO6P/c1-5-11(13)16-8-6-9-17-19(14,15)18-10-7-12(2,3)4/h5H,1,6-10H2,2-4H3. The molecule has 0 aliphatic heterocycles. The lowest BCUT2D eigenvalue weighted by Gasteiger charge is -2.27.